The Balaban J connectivity index is 0.000000714. The third-order valence-electron chi connectivity index (χ3n) is 6.66. The predicted molar refractivity (Wildman–Crippen MR) is 144 cm³/mol. The Bertz CT molecular complexity index is 1440. The maximum Gasteiger partial charge on any atom is 0.375 e. The van der Waals surface area contributed by atoms with E-state index in [4.69, 9.17) is 23.4 Å². The number of nitrogens with zero attached hydrogens (tertiary/aromatic N) is 2. The number of hydrazone groups is 1. The highest BCUT2D eigenvalue weighted by atomic mass is 35.7. The van der Waals surface area contributed by atoms with E-state index in [1.165, 1.54) is 16.7 Å². The summed E-state index contributed by atoms with van der Waals surface area (Å²) >= 11 is 0. The lowest BCUT2D eigenvalue weighted by Gasteiger charge is -2.26. The van der Waals surface area contributed by atoms with E-state index in [1.54, 1.807) is 0 Å². The highest BCUT2D eigenvalue weighted by Crippen LogP contribution is 2.45. The van der Waals surface area contributed by atoms with Crippen LogP contribution in [0.2, 0.25) is 0 Å². The van der Waals surface area contributed by atoms with Crippen molar-refractivity contribution in [2.24, 2.45) is 0 Å². The van der Waals surface area contributed by atoms with Crippen molar-refractivity contribution in [3.05, 3.63) is 138 Å². The molecule has 0 radical (unpaired) electrons. The number of ether oxygens (including phenoxy) is 1. The number of hydrogen-bond donors (Lipinski definition) is 0. The number of aryl methyl sites for hydroxylation is 1. The van der Waals surface area contributed by atoms with E-state index in [9.17, 15) is 4.79 Å². The Hall–Kier alpha value is -4.05. The van der Waals surface area contributed by atoms with Gasteiger partial charge in [-0.05, 0) is 49.2 Å². The van der Waals surface area contributed by atoms with Crippen LogP contribution in [-0.4, -0.2) is 29.5 Å². The van der Waals surface area contributed by atoms with Crippen LogP contribution in [0.4, 0.5) is 5.69 Å². The zero-order valence-corrected chi connectivity index (χ0v) is 23.5. The lowest BCUT2D eigenvalue weighted by molar-refractivity contribution is -2.00. The molecule has 0 saturated heterocycles. The third kappa shape index (κ3) is 7.79. The van der Waals surface area contributed by atoms with Gasteiger partial charge in [0, 0.05) is 5.56 Å². The minimum absolute atomic E-state index is 0.00839. The van der Waals surface area contributed by atoms with Crippen molar-refractivity contribution in [3.63, 3.8) is 0 Å². The van der Waals surface area contributed by atoms with E-state index < -0.39 is 10.2 Å². The lowest BCUT2D eigenvalue weighted by Crippen LogP contribution is -2.68. The summed E-state index contributed by atoms with van der Waals surface area (Å²) in [6, 6.07) is 40.0. The van der Waals surface area contributed by atoms with Gasteiger partial charge >= 0.3 is 5.97 Å². The molecule has 0 N–H and O–H groups in total. The number of benzene rings is 4. The van der Waals surface area contributed by atoms with Crippen LogP contribution in [0.15, 0.2) is 115 Å². The first-order valence-electron chi connectivity index (χ1n) is 13.1. The van der Waals surface area contributed by atoms with Gasteiger partial charge in [0.25, 0.3) is 6.54 Å². The molecule has 5 rings (SSSR count). The van der Waals surface area contributed by atoms with E-state index in [1.807, 2.05) is 37.3 Å². The first kappa shape index (κ1) is 29.9. The number of para-hydroxylation sites is 1. The van der Waals surface area contributed by atoms with E-state index >= 15 is 0 Å². The summed E-state index contributed by atoms with van der Waals surface area (Å²) in [6.45, 7) is 4.42. The fraction of sp³-hybridized carbons (Fsp3) is 0.188. The quantitative estimate of drug-likeness (QED) is 0.242. The van der Waals surface area contributed by atoms with Crippen molar-refractivity contribution < 1.29 is 43.1 Å². The van der Waals surface area contributed by atoms with E-state index in [-0.39, 0.29) is 24.5 Å². The zero-order valence-electron chi connectivity index (χ0n) is 22.8. The first-order valence-corrected chi connectivity index (χ1v) is 14.3. The summed E-state index contributed by atoms with van der Waals surface area (Å²) in [4.78, 5) is 13.0. The monoisotopic (exact) mass is 574 g/mol. The average molecular weight is 575 g/mol. The molecule has 0 saturated carbocycles. The van der Waals surface area contributed by atoms with Crippen LogP contribution in [0.3, 0.4) is 0 Å². The molecule has 8 nitrogen and oxygen atoms in total. The maximum atomic E-state index is 13.0. The van der Waals surface area contributed by atoms with Gasteiger partial charge in [-0.15, -0.1) is 15.3 Å². The van der Waals surface area contributed by atoms with Gasteiger partial charge in [0.1, 0.15) is 12.0 Å². The topological polar surface area (TPSA) is 125 Å². The van der Waals surface area contributed by atoms with Crippen LogP contribution in [0.1, 0.15) is 41.1 Å². The van der Waals surface area contributed by atoms with E-state index in [0.29, 0.717) is 6.61 Å². The summed E-state index contributed by atoms with van der Waals surface area (Å²) in [6.07, 6.45) is 0. The fourth-order valence-electron chi connectivity index (χ4n) is 5.13. The molecular weight excluding hydrogens is 544 g/mol. The molecule has 1 aliphatic heterocycles. The Kier molecular flexibility index (Phi) is 9.88. The number of rotatable bonds is 7. The van der Waals surface area contributed by atoms with Gasteiger partial charge in [-0.25, -0.2) is 23.4 Å². The Labute approximate surface area is 241 Å². The number of carbonyl (C=O) groups is 1. The van der Waals surface area contributed by atoms with Gasteiger partial charge in [-0.3, -0.25) is 0 Å². The van der Waals surface area contributed by atoms with Crippen molar-refractivity contribution in [3.8, 4) is 0 Å². The minimum Gasteiger partial charge on any atom is -0.461 e. The van der Waals surface area contributed by atoms with E-state index in [2.05, 4.69) is 102 Å². The Morgan fingerprint density at radius 2 is 1.27 bits per heavy atom. The Morgan fingerprint density at radius 1 is 0.780 bits per heavy atom. The molecule has 2 atom stereocenters. The second-order valence-electron chi connectivity index (χ2n) is 9.42. The summed E-state index contributed by atoms with van der Waals surface area (Å²) in [5, 5.41) is 2.28. The number of hydrogen-bond acceptors (Lipinski definition) is 7. The zero-order chi connectivity index (χ0) is 29.4. The number of halogens is 1. The van der Waals surface area contributed by atoms with Gasteiger partial charge in [-0.1, -0.05) is 101 Å². The molecule has 1 aliphatic rings. The van der Waals surface area contributed by atoms with E-state index in [0.717, 1.165) is 17.0 Å². The van der Waals surface area contributed by atoms with Gasteiger partial charge in [0.15, 0.2) is 0 Å². The molecule has 4 aromatic rings. The standard InChI is InChI=1S/C32H31N2O2.ClHO4/c1-3-36-29(35)23-33-31(27-21-19-24(2)20-22-27)30(25-13-7-4-8-14-25)32(26-15-9-5-10-16-26)34(33)28-17-11-6-12-18-28;2-1(3,4)5/h4-22,30,32H,3,23H2,1-2H3;(H,2,3,4,5)/q+1;/p-1. The highest BCUT2D eigenvalue weighted by Gasteiger charge is 2.51. The first-order chi connectivity index (χ1) is 19.7. The van der Waals surface area contributed by atoms with Crippen LogP contribution in [0.25, 0.3) is 0 Å². The van der Waals surface area contributed by atoms with Crippen molar-refractivity contribution in [2.75, 3.05) is 18.2 Å². The second kappa shape index (κ2) is 13.5. The number of carbonyl (C=O) groups excluding carboxylic acids is 1. The normalized spacial score (nSPS) is 16.7. The molecule has 0 amide bonds. The van der Waals surface area contributed by atoms with Crippen molar-refractivity contribution in [1.29, 1.82) is 0 Å². The van der Waals surface area contributed by atoms with Crippen LogP contribution in [0, 0.1) is 17.2 Å². The molecule has 0 aliphatic carbocycles. The number of hydrazine groups is 1. The molecule has 212 valence electrons. The lowest BCUT2D eigenvalue weighted by atomic mass is 9.81. The molecular formula is C32H31ClN2O6. The fourth-order valence-corrected chi connectivity index (χ4v) is 5.13. The van der Waals surface area contributed by atoms with Crippen molar-refractivity contribution >= 4 is 17.4 Å². The number of anilines is 1. The molecule has 41 heavy (non-hydrogen) atoms. The molecule has 1 heterocycles. The minimum atomic E-state index is -4.94. The molecule has 2 unspecified atom stereocenters. The summed E-state index contributed by atoms with van der Waals surface area (Å²) in [7, 11) is -4.94. The average Bonchev–Trinajstić information content (AvgIpc) is 3.28. The second-order valence-corrected chi connectivity index (χ2v) is 10.2. The van der Waals surface area contributed by atoms with Gasteiger partial charge in [0.2, 0.25) is 5.71 Å². The summed E-state index contributed by atoms with van der Waals surface area (Å²) in [5.74, 6) is -0.255. The summed E-state index contributed by atoms with van der Waals surface area (Å²) < 4.78 is 41.6. The largest absolute Gasteiger partial charge is 0.461 e. The van der Waals surface area contributed by atoms with Crippen molar-refractivity contribution in [1.82, 2.24) is 0 Å². The predicted octanol–water partition coefficient (Wildman–Crippen LogP) is 1.56. The molecule has 4 aromatic carbocycles. The molecule has 0 fully saturated rings. The molecule has 0 spiro atoms. The molecule has 0 aromatic heterocycles. The van der Waals surface area contributed by atoms with Gasteiger partial charge in [-0.2, -0.15) is 0 Å². The van der Waals surface area contributed by atoms with Crippen LogP contribution in [0.5, 0.6) is 0 Å². The SMILES string of the molecule is CCOC(=O)C[N+]1=C(c2ccc(C)cc2)C(c2ccccc2)C(c2ccccc2)N1c1ccccc1.[O-][Cl+3]([O-])([O-])[O-]. The number of esters is 1. The Morgan fingerprint density at radius 3 is 1.78 bits per heavy atom. The molecule has 0 bridgehead atoms. The van der Waals surface area contributed by atoms with Crippen LogP contribution < -0.4 is 23.6 Å². The van der Waals surface area contributed by atoms with Gasteiger partial charge < -0.3 is 4.74 Å². The maximum absolute atomic E-state index is 13.0. The third-order valence-corrected chi connectivity index (χ3v) is 6.66. The highest BCUT2D eigenvalue weighted by molar-refractivity contribution is 6.04. The molecule has 9 heteroatoms. The van der Waals surface area contributed by atoms with Crippen LogP contribution >= 0.6 is 0 Å². The van der Waals surface area contributed by atoms with Gasteiger partial charge in [0.05, 0.1) is 12.3 Å². The summed E-state index contributed by atoms with van der Waals surface area (Å²) in [5.41, 5.74) is 6.80. The smallest absolute Gasteiger partial charge is 0.375 e. The van der Waals surface area contributed by atoms with Crippen LogP contribution in [-0.2, 0) is 9.53 Å². The van der Waals surface area contributed by atoms with Crippen molar-refractivity contribution in [2.45, 2.75) is 25.8 Å².